The molecule has 0 aromatic heterocycles. The Bertz CT molecular complexity index is 388. The fraction of sp³-hybridized carbons (Fsp3) is 0.417. The molecule has 1 aromatic rings. The zero-order valence-corrected chi connectivity index (χ0v) is 10.4. The lowest BCUT2D eigenvalue weighted by Gasteiger charge is -2.15. The zero-order valence-electron chi connectivity index (χ0n) is 9.67. The summed E-state index contributed by atoms with van der Waals surface area (Å²) >= 11 is 6.21. The molecule has 0 saturated carbocycles. The maximum atomic E-state index is 10.4. The highest BCUT2D eigenvalue weighted by atomic mass is 35.5. The molecule has 16 heavy (non-hydrogen) atoms. The van der Waals surface area contributed by atoms with Crippen LogP contribution in [0.15, 0.2) is 6.07 Å². The van der Waals surface area contributed by atoms with Crippen molar-refractivity contribution < 1.29 is 14.3 Å². The van der Waals surface area contributed by atoms with E-state index in [1.54, 1.807) is 14.2 Å². The van der Waals surface area contributed by atoms with Crippen molar-refractivity contribution in [3.8, 4) is 11.5 Å². The highest BCUT2D eigenvalue weighted by molar-refractivity contribution is 6.33. The van der Waals surface area contributed by atoms with Crippen molar-refractivity contribution in [3.05, 3.63) is 22.2 Å². The summed E-state index contributed by atoms with van der Waals surface area (Å²) in [5.74, 6) is 1.34. The summed E-state index contributed by atoms with van der Waals surface area (Å²) in [6.07, 6.45) is 1.84. The number of carbonyl (C=O) groups is 1. The number of halogens is 1. The minimum Gasteiger partial charge on any atom is -0.496 e. The minimum absolute atomic E-state index is 0.419. The molecule has 3 nitrogen and oxygen atoms in total. The number of ether oxygens (including phenoxy) is 2. The molecule has 1 rings (SSSR count). The molecule has 0 unspecified atom stereocenters. The Morgan fingerprint density at radius 3 is 2.56 bits per heavy atom. The van der Waals surface area contributed by atoms with Gasteiger partial charge in [-0.15, -0.1) is 0 Å². The lowest BCUT2D eigenvalue weighted by Crippen LogP contribution is -1.99. The minimum atomic E-state index is 0.419. The van der Waals surface area contributed by atoms with Crippen LogP contribution in [0.4, 0.5) is 0 Å². The van der Waals surface area contributed by atoms with E-state index in [0.29, 0.717) is 29.4 Å². The van der Waals surface area contributed by atoms with Crippen LogP contribution in [-0.4, -0.2) is 20.5 Å². The molecule has 0 fully saturated rings. The number of carbonyl (C=O) groups excluding carboxylic acids is 1. The van der Waals surface area contributed by atoms with E-state index in [0.717, 1.165) is 17.4 Å². The molecular formula is C12H15ClO3. The van der Waals surface area contributed by atoms with Gasteiger partial charge in [0.1, 0.15) is 17.8 Å². The van der Waals surface area contributed by atoms with Crippen LogP contribution in [0.5, 0.6) is 11.5 Å². The highest BCUT2D eigenvalue weighted by Crippen LogP contribution is 2.38. The van der Waals surface area contributed by atoms with Gasteiger partial charge in [0.2, 0.25) is 0 Å². The van der Waals surface area contributed by atoms with Gasteiger partial charge in [0.15, 0.2) is 0 Å². The molecule has 0 N–H and O–H groups in total. The monoisotopic (exact) mass is 242 g/mol. The second-order valence-electron chi connectivity index (χ2n) is 3.43. The van der Waals surface area contributed by atoms with Gasteiger partial charge in [0, 0.05) is 12.0 Å². The molecule has 0 spiro atoms. The first-order valence-corrected chi connectivity index (χ1v) is 5.37. The Labute approximate surface area is 100 Å². The van der Waals surface area contributed by atoms with Gasteiger partial charge in [-0.25, -0.2) is 0 Å². The van der Waals surface area contributed by atoms with Crippen LogP contribution in [-0.2, 0) is 11.2 Å². The first-order valence-electron chi connectivity index (χ1n) is 4.99. The van der Waals surface area contributed by atoms with Crippen molar-refractivity contribution in [2.24, 2.45) is 0 Å². The van der Waals surface area contributed by atoms with E-state index in [1.165, 1.54) is 0 Å². The second kappa shape index (κ2) is 5.75. The van der Waals surface area contributed by atoms with Gasteiger partial charge >= 0.3 is 0 Å². The smallest absolute Gasteiger partial charge is 0.140 e. The van der Waals surface area contributed by atoms with E-state index in [4.69, 9.17) is 21.1 Å². The van der Waals surface area contributed by atoms with Crippen LogP contribution in [0.2, 0.25) is 5.02 Å². The van der Waals surface area contributed by atoms with Crippen molar-refractivity contribution in [1.29, 1.82) is 0 Å². The number of aryl methyl sites for hydroxylation is 1. The second-order valence-corrected chi connectivity index (χ2v) is 3.80. The summed E-state index contributed by atoms with van der Waals surface area (Å²) in [5.41, 5.74) is 1.73. The SMILES string of the molecule is COc1cc(C)c(OC)c(Cl)c1CCC=O. The molecular weight excluding hydrogens is 228 g/mol. The Morgan fingerprint density at radius 2 is 2.06 bits per heavy atom. The van der Waals surface area contributed by atoms with Crippen molar-refractivity contribution in [1.82, 2.24) is 0 Å². The maximum absolute atomic E-state index is 10.4. The molecule has 0 atom stereocenters. The molecule has 0 aliphatic rings. The van der Waals surface area contributed by atoms with Crippen LogP contribution < -0.4 is 9.47 Å². The Kier molecular flexibility index (Phi) is 4.62. The Hall–Kier alpha value is -1.22. The fourth-order valence-corrected chi connectivity index (χ4v) is 2.05. The number of hydrogen-bond acceptors (Lipinski definition) is 3. The van der Waals surface area contributed by atoms with Gasteiger partial charge in [0.05, 0.1) is 19.2 Å². The van der Waals surface area contributed by atoms with E-state index < -0.39 is 0 Å². The third-order valence-electron chi connectivity index (χ3n) is 2.40. The van der Waals surface area contributed by atoms with Crippen LogP contribution >= 0.6 is 11.6 Å². The van der Waals surface area contributed by atoms with Gasteiger partial charge in [-0.2, -0.15) is 0 Å². The topological polar surface area (TPSA) is 35.5 Å². The Morgan fingerprint density at radius 1 is 1.38 bits per heavy atom. The standard InChI is InChI=1S/C12H15ClO3/c1-8-7-10(15-2)9(5-4-6-14)11(13)12(8)16-3/h6-7H,4-5H2,1-3H3. The molecule has 4 heteroatoms. The van der Waals surface area contributed by atoms with Crippen molar-refractivity contribution in [2.75, 3.05) is 14.2 Å². The van der Waals surface area contributed by atoms with E-state index in [2.05, 4.69) is 0 Å². The number of methoxy groups -OCH3 is 2. The number of rotatable bonds is 5. The average molecular weight is 243 g/mol. The average Bonchev–Trinajstić information content (AvgIpc) is 2.28. The first kappa shape index (κ1) is 12.8. The highest BCUT2D eigenvalue weighted by Gasteiger charge is 2.15. The number of hydrogen-bond donors (Lipinski definition) is 0. The van der Waals surface area contributed by atoms with Crippen molar-refractivity contribution in [3.63, 3.8) is 0 Å². The van der Waals surface area contributed by atoms with Crippen molar-refractivity contribution >= 4 is 17.9 Å². The van der Waals surface area contributed by atoms with E-state index in [-0.39, 0.29) is 0 Å². The summed E-state index contributed by atoms with van der Waals surface area (Å²) in [6, 6.07) is 1.87. The first-order chi connectivity index (χ1) is 7.65. The molecule has 0 saturated heterocycles. The quantitative estimate of drug-likeness (QED) is 0.745. The van der Waals surface area contributed by atoms with Crippen LogP contribution in [0.3, 0.4) is 0 Å². The van der Waals surface area contributed by atoms with Crippen molar-refractivity contribution in [2.45, 2.75) is 19.8 Å². The molecule has 0 bridgehead atoms. The summed E-state index contributed by atoms with van der Waals surface area (Å²) < 4.78 is 10.5. The number of aldehydes is 1. The van der Waals surface area contributed by atoms with E-state index >= 15 is 0 Å². The molecule has 0 radical (unpaired) electrons. The fourth-order valence-electron chi connectivity index (χ4n) is 1.64. The van der Waals surface area contributed by atoms with Crippen LogP contribution in [0.1, 0.15) is 17.5 Å². The third-order valence-corrected chi connectivity index (χ3v) is 2.80. The molecule has 88 valence electrons. The van der Waals surface area contributed by atoms with Gasteiger partial charge in [-0.3, -0.25) is 0 Å². The summed E-state index contributed by atoms with van der Waals surface area (Å²) in [6.45, 7) is 1.90. The van der Waals surface area contributed by atoms with Gasteiger partial charge in [-0.1, -0.05) is 11.6 Å². The largest absolute Gasteiger partial charge is 0.496 e. The predicted octanol–water partition coefficient (Wildman–Crippen LogP) is 2.80. The molecule has 0 amide bonds. The zero-order chi connectivity index (χ0) is 12.1. The lowest BCUT2D eigenvalue weighted by molar-refractivity contribution is -0.107. The summed E-state index contributed by atoms with van der Waals surface area (Å²) in [7, 11) is 3.16. The van der Waals surface area contributed by atoms with Crippen LogP contribution in [0, 0.1) is 6.92 Å². The van der Waals surface area contributed by atoms with Gasteiger partial charge in [0.25, 0.3) is 0 Å². The maximum Gasteiger partial charge on any atom is 0.140 e. The van der Waals surface area contributed by atoms with Gasteiger partial charge in [-0.05, 0) is 25.0 Å². The van der Waals surface area contributed by atoms with E-state index in [9.17, 15) is 4.79 Å². The number of benzene rings is 1. The summed E-state index contributed by atoms with van der Waals surface area (Å²) in [4.78, 5) is 10.4. The molecule has 1 aromatic carbocycles. The third kappa shape index (κ3) is 2.47. The summed E-state index contributed by atoms with van der Waals surface area (Å²) in [5, 5.41) is 0.529. The van der Waals surface area contributed by atoms with Crippen LogP contribution in [0.25, 0.3) is 0 Å². The molecule has 0 heterocycles. The normalized spacial score (nSPS) is 10.0. The van der Waals surface area contributed by atoms with Gasteiger partial charge < -0.3 is 14.3 Å². The Balaban J connectivity index is 3.25. The lowest BCUT2D eigenvalue weighted by atomic mass is 10.1. The van der Waals surface area contributed by atoms with E-state index in [1.807, 2.05) is 13.0 Å². The molecule has 0 aliphatic heterocycles. The molecule has 0 aliphatic carbocycles. The predicted molar refractivity (Wildman–Crippen MR) is 63.7 cm³/mol.